The summed E-state index contributed by atoms with van der Waals surface area (Å²) in [6.07, 6.45) is 4.57. The lowest BCUT2D eigenvalue weighted by atomic mass is 9.78. The molecule has 26 heavy (non-hydrogen) atoms. The quantitative estimate of drug-likeness (QED) is 0.800. The van der Waals surface area contributed by atoms with Gasteiger partial charge < -0.3 is 10.4 Å². The maximum Gasteiger partial charge on any atom is 0.227 e. The molecule has 0 atom stereocenters. The lowest BCUT2D eigenvalue weighted by Gasteiger charge is -2.28. The molecule has 2 N–H and O–H groups in total. The fourth-order valence-corrected chi connectivity index (χ4v) is 4.34. The van der Waals surface area contributed by atoms with Gasteiger partial charge in [-0.25, -0.2) is 8.42 Å². The number of sulfone groups is 1. The van der Waals surface area contributed by atoms with Crippen molar-refractivity contribution in [3.05, 3.63) is 54.1 Å². The smallest absolute Gasteiger partial charge is 0.227 e. The summed E-state index contributed by atoms with van der Waals surface area (Å²) in [6.45, 7) is 0. The molecule has 2 aromatic carbocycles. The van der Waals surface area contributed by atoms with E-state index in [0.29, 0.717) is 11.6 Å². The van der Waals surface area contributed by atoms with Crippen molar-refractivity contribution in [1.29, 1.82) is 0 Å². The highest BCUT2D eigenvalue weighted by molar-refractivity contribution is 7.90. The van der Waals surface area contributed by atoms with Crippen LogP contribution in [0.5, 0.6) is 5.75 Å². The molecule has 0 unspecified atom stereocenters. The molecular formula is C20H23NO4S. The maximum absolute atomic E-state index is 12.5. The number of carbonyl (C=O) groups is 1. The van der Waals surface area contributed by atoms with Gasteiger partial charge in [-0.1, -0.05) is 30.3 Å². The molecule has 0 bridgehead atoms. The van der Waals surface area contributed by atoms with E-state index in [4.69, 9.17) is 0 Å². The number of hydrogen-bond donors (Lipinski definition) is 2. The summed E-state index contributed by atoms with van der Waals surface area (Å²) in [6, 6.07) is 14.5. The first-order chi connectivity index (χ1) is 12.3. The zero-order chi connectivity index (χ0) is 18.7. The average molecular weight is 373 g/mol. The second kappa shape index (κ2) is 7.50. The fourth-order valence-electron chi connectivity index (χ4n) is 3.55. The molecule has 0 radical (unpaired) electrons. The summed E-state index contributed by atoms with van der Waals surface area (Å²) >= 11 is 0. The predicted molar refractivity (Wildman–Crippen MR) is 101 cm³/mol. The van der Waals surface area contributed by atoms with Crippen molar-refractivity contribution in [2.75, 3.05) is 11.6 Å². The van der Waals surface area contributed by atoms with Gasteiger partial charge in [-0.05, 0) is 55.4 Å². The fraction of sp³-hybridized carbons (Fsp3) is 0.350. The number of nitrogens with one attached hydrogen (secondary N) is 1. The van der Waals surface area contributed by atoms with Crippen LogP contribution in [-0.4, -0.2) is 25.7 Å². The summed E-state index contributed by atoms with van der Waals surface area (Å²) in [5, 5.41) is 12.5. The molecule has 0 heterocycles. The molecule has 0 spiro atoms. The number of benzene rings is 2. The van der Waals surface area contributed by atoms with Gasteiger partial charge in [-0.15, -0.1) is 0 Å². The van der Waals surface area contributed by atoms with Crippen LogP contribution >= 0.6 is 0 Å². The van der Waals surface area contributed by atoms with Crippen molar-refractivity contribution >= 4 is 21.4 Å². The molecule has 1 amide bonds. The Hall–Kier alpha value is -2.34. The van der Waals surface area contributed by atoms with Crippen LogP contribution in [0.25, 0.3) is 0 Å². The van der Waals surface area contributed by atoms with E-state index in [1.165, 1.54) is 23.8 Å². The van der Waals surface area contributed by atoms with Crippen LogP contribution < -0.4 is 5.32 Å². The molecular weight excluding hydrogens is 350 g/mol. The number of aromatic hydroxyl groups is 1. The van der Waals surface area contributed by atoms with Crippen molar-refractivity contribution in [3.8, 4) is 5.75 Å². The van der Waals surface area contributed by atoms with Gasteiger partial charge in [-0.3, -0.25) is 4.79 Å². The molecule has 5 nitrogen and oxygen atoms in total. The molecule has 1 saturated carbocycles. The first kappa shape index (κ1) is 18.5. The van der Waals surface area contributed by atoms with Gasteiger partial charge in [-0.2, -0.15) is 0 Å². The van der Waals surface area contributed by atoms with Crippen molar-refractivity contribution in [2.45, 2.75) is 36.5 Å². The van der Waals surface area contributed by atoms with E-state index in [0.717, 1.165) is 31.9 Å². The number of phenols is 1. The third kappa shape index (κ3) is 4.25. The van der Waals surface area contributed by atoms with E-state index in [1.807, 2.05) is 18.2 Å². The predicted octanol–water partition coefficient (Wildman–Crippen LogP) is 3.71. The minimum absolute atomic E-state index is 0.0783. The van der Waals surface area contributed by atoms with Gasteiger partial charge in [0.1, 0.15) is 10.6 Å². The van der Waals surface area contributed by atoms with Crippen LogP contribution in [0.3, 0.4) is 0 Å². The Morgan fingerprint density at radius 2 is 1.69 bits per heavy atom. The molecule has 138 valence electrons. The maximum atomic E-state index is 12.5. The SMILES string of the molecule is CS(=O)(=O)c1cc(NC(=O)C2CCC(c3ccccc3)CC2)ccc1O. The third-order valence-corrected chi connectivity index (χ3v) is 6.12. The first-order valence-electron chi connectivity index (χ1n) is 8.73. The van der Waals surface area contributed by atoms with E-state index < -0.39 is 9.84 Å². The molecule has 2 aromatic rings. The molecule has 1 fully saturated rings. The molecule has 6 heteroatoms. The van der Waals surface area contributed by atoms with E-state index in [9.17, 15) is 18.3 Å². The van der Waals surface area contributed by atoms with Crippen LogP contribution in [0.1, 0.15) is 37.2 Å². The summed E-state index contributed by atoms with van der Waals surface area (Å²) in [7, 11) is -3.56. The molecule has 1 aliphatic rings. The normalized spacial score (nSPS) is 20.5. The van der Waals surface area contributed by atoms with Crippen molar-refractivity contribution in [3.63, 3.8) is 0 Å². The number of rotatable bonds is 4. The van der Waals surface area contributed by atoms with Gasteiger partial charge in [0.05, 0.1) is 0 Å². The summed E-state index contributed by atoms with van der Waals surface area (Å²) < 4.78 is 23.4. The number of phenolic OH excluding ortho intramolecular Hbond substituents is 1. The Kier molecular flexibility index (Phi) is 5.32. The van der Waals surface area contributed by atoms with Gasteiger partial charge in [0.25, 0.3) is 0 Å². The van der Waals surface area contributed by atoms with Gasteiger partial charge in [0.15, 0.2) is 9.84 Å². The van der Waals surface area contributed by atoms with E-state index in [2.05, 4.69) is 17.4 Å². The monoisotopic (exact) mass is 373 g/mol. The van der Waals surface area contributed by atoms with Crippen LogP contribution in [0.4, 0.5) is 5.69 Å². The number of hydrogen-bond acceptors (Lipinski definition) is 4. The Morgan fingerprint density at radius 3 is 2.31 bits per heavy atom. The summed E-state index contributed by atoms with van der Waals surface area (Å²) in [5.41, 5.74) is 1.71. The van der Waals surface area contributed by atoms with Gasteiger partial charge in [0, 0.05) is 17.9 Å². The highest BCUT2D eigenvalue weighted by Gasteiger charge is 2.27. The van der Waals surface area contributed by atoms with Crippen molar-refractivity contribution < 1.29 is 18.3 Å². The number of carbonyl (C=O) groups excluding carboxylic acids is 1. The Labute approximate surface area is 154 Å². The zero-order valence-corrected chi connectivity index (χ0v) is 15.5. The Bertz CT molecular complexity index is 885. The average Bonchev–Trinajstić information content (AvgIpc) is 2.63. The highest BCUT2D eigenvalue weighted by Crippen LogP contribution is 2.36. The van der Waals surface area contributed by atoms with Crippen molar-refractivity contribution in [2.24, 2.45) is 5.92 Å². The minimum Gasteiger partial charge on any atom is -0.507 e. The highest BCUT2D eigenvalue weighted by atomic mass is 32.2. The van der Waals surface area contributed by atoms with Crippen LogP contribution in [0.15, 0.2) is 53.4 Å². The van der Waals surface area contributed by atoms with E-state index in [-0.39, 0.29) is 22.5 Å². The summed E-state index contributed by atoms with van der Waals surface area (Å²) in [4.78, 5) is 12.4. The molecule has 0 aromatic heterocycles. The number of amides is 1. The minimum atomic E-state index is -3.56. The van der Waals surface area contributed by atoms with Crippen LogP contribution in [-0.2, 0) is 14.6 Å². The topological polar surface area (TPSA) is 83.5 Å². The largest absolute Gasteiger partial charge is 0.507 e. The van der Waals surface area contributed by atoms with E-state index >= 15 is 0 Å². The lowest BCUT2D eigenvalue weighted by Crippen LogP contribution is -2.26. The Morgan fingerprint density at radius 1 is 1.04 bits per heavy atom. The first-order valence-corrected chi connectivity index (χ1v) is 10.6. The molecule has 0 saturated heterocycles. The second-order valence-electron chi connectivity index (χ2n) is 6.90. The number of anilines is 1. The van der Waals surface area contributed by atoms with E-state index in [1.54, 1.807) is 0 Å². The standard InChI is InChI=1S/C20H23NO4S/c1-26(24,25)19-13-17(11-12-18(19)22)21-20(23)16-9-7-15(8-10-16)14-5-3-2-4-6-14/h2-6,11-13,15-16,22H,7-10H2,1H3,(H,21,23). The molecule has 1 aliphatic carbocycles. The zero-order valence-electron chi connectivity index (χ0n) is 14.7. The summed E-state index contributed by atoms with van der Waals surface area (Å²) in [5.74, 6) is 0.00623. The Balaban J connectivity index is 1.63. The van der Waals surface area contributed by atoms with Crippen molar-refractivity contribution in [1.82, 2.24) is 0 Å². The third-order valence-electron chi connectivity index (χ3n) is 5.00. The molecule has 3 rings (SSSR count). The van der Waals surface area contributed by atoms with Crippen LogP contribution in [0, 0.1) is 5.92 Å². The lowest BCUT2D eigenvalue weighted by molar-refractivity contribution is -0.120. The van der Waals surface area contributed by atoms with Crippen LogP contribution in [0.2, 0.25) is 0 Å². The molecule has 0 aliphatic heterocycles. The second-order valence-corrected chi connectivity index (χ2v) is 8.89. The van der Waals surface area contributed by atoms with Gasteiger partial charge in [0.2, 0.25) is 5.91 Å². The van der Waals surface area contributed by atoms with Gasteiger partial charge >= 0.3 is 0 Å².